The fraction of sp³-hybridized carbons (Fsp3) is 0.357. The van der Waals surface area contributed by atoms with Crippen LogP contribution in [-0.2, 0) is 6.54 Å². The third-order valence-electron chi connectivity index (χ3n) is 2.86. The van der Waals surface area contributed by atoms with E-state index in [1.165, 1.54) is 5.56 Å². The molecule has 0 saturated carbocycles. The molecule has 98 valence electrons. The van der Waals surface area contributed by atoms with Gasteiger partial charge in [-0.05, 0) is 24.5 Å². The van der Waals surface area contributed by atoms with E-state index < -0.39 is 0 Å². The predicted molar refractivity (Wildman–Crippen MR) is 77.8 cm³/mol. The SMILES string of the molecule is CCCn1cc(-c2ccc([C@H](C)N)cc2)cn1.Cl. The minimum Gasteiger partial charge on any atom is -0.324 e. The highest BCUT2D eigenvalue weighted by Crippen LogP contribution is 2.20. The number of rotatable bonds is 4. The van der Waals surface area contributed by atoms with Crippen LogP contribution in [0.5, 0.6) is 0 Å². The van der Waals surface area contributed by atoms with Gasteiger partial charge in [-0.2, -0.15) is 5.10 Å². The van der Waals surface area contributed by atoms with Crippen molar-refractivity contribution in [3.8, 4) is 11.1 Å². The van der Waals surface area contributed by atoms with Gasteiger partial charge in [-0.1, -0.05) is 31.2 Å². The maximum atomic E-state index is 5.83. The first kappa shape index (κ1) is 14.7. The molecule has 0 spiro atoms. The molecule has 0 aliphatic rings. The molecule has 0 bridgehead atoms. The third-order valence-corrected chi connectivity index (χ3v) is 2.86. The smallest absolute Gasteiger partial charge is 0.0568 e. The van der Waals surface area contributed by atoms with Gasteiger partial charge in [-0.15, -0.1) is 12.4 Å². The van der Waals surface area contributed by atoms with Gasteiger partial charge in [0.2, 0.25) is 0 Å². The van der Waals surface area contributed by atoms with Crippen molar-refractivity contribution in [3.63, 3.8) is 0 Å². The number of nitrogens with zero attached hydrogens (tertiary/aromatic N) is 2. The van der Waals surface area contributed by atoms with Crippen molar-refractivity contribution in [1.82, 2.24) is 9.78 Å². The topological polar surface area (TPSA) is 43.8 Å². The largest absolute Gasteiger partial charge is 0.324 e. The number of aromatic nitrogens is 2. The first-order valence-corrected chi connectivity index (χ1v) is 6.09. The summed E-state index contributed by atoms with van der Waals surface area (Å²) in [6.45, 7) is 5.12. The molecule has 1 aromatic heterocycles. The normalized spacial score (nSPS) is 11.9. The van der Waals surface area contributed by atoms with Crippen molar-refractivity contribution >= 4 is 12.4 Å². The van der Waals surface area contributed by atoms with Crippen molar-refractivity contribution in [2.45, 2.75) is 32.9 Å². The van der Waals surface area contributed by atoms with Crippen LogP contribution in [0.2, 0.25) is 0 Å². The summed E-state index contributed by atoms with van der Waals surface area (Å²) in [6.07, 6.45) is 5.10. The Morgan fingerprint density at radius 1 is 1.22 bits per heavy atom. The molecule has 1 heterocycles. The molecule has 18 heavy (non-hydrogen) atoms. The van der Waals surface area contributed by atoms with Crippen molar-refractivity contribution in [3.05, 3.63) is 42.2 Å². The van der Waals surface area contributed by atoms with Crippen LogP contribution in [0.3, 0.4) is 0 Å². The second-order valence-corrected chi connectivity index (χ2v) is 4.40. The lowest BCUT2D eigenvalue weighted by molar-refractivity contribution is 0.603. The van der Waals surface area contributed by atoms with E-state index in [1.54, 1.807) is 0 Å². The lowest BCUT2D eigenvalue weighted by Crippen LogP contribution is -2.04. The van der Waals surface area contributed by atoms with E-state index in [9.17, 15) is 0 Å². The maximum absolute atomic E-state index is 5.83. The Kier molecular flexibility index (Phi) is 5.38. The fourth-order valence-corrected chi connectivity index (χ4v) is 1.84. The molecule has 1 aromatic carbocycles. The number of hydrogen-bond acceptors (Lipinski definition) is 2. The van der Waals surface area contributed by atoms with Crippen molar-refractivity contribution in [1.29, 1.82) is 0 Å². The summed E-state index contributed by atoms with van der Waals surface area (Å²) in [6, 6.07) is 8.46. The average molecular weight is 266 g/mol. The van der Waals surface area contributed by atoms with E-state index in [4.69, 9.17) is 5.73 Å². The van der Waals surface area contributed by atoms with E-state index in [-0.39, 0.29) is 18.4 Å². The monoisotopic (exact) mass is 265 g/mol. The molecule has 0 radical (unpaired) electrons. The molecule has 1 atom stereocenters. The Morgan fingerprint density at radius 2 is 1.89 bits per heavy atom. The van der Waals surface area contributed by atoms with Crippen molar-refractivity contribution < 1.29 is 0 Å². The molecule has 3 nitrogen and oxygen atoms in total. The Labute approximate surface area is 114 Å². The van der Waals surface area contributed by atoms with Crippen LogP contribution < -0.4 is 5.73 Å². The van der Waals surface area contributed by atoms with Crippen LogP contribution >= 0.6 is 12.4 Å². The number of nitrogens with two attached hydrogens (primary N) is 1. The lowest BCUT2D eigenvalue weighted by atomic mass is 10.0. The quantitative estimate of drug-likeness (QED) is 0.921. The van der Waals surface area contributed by atoms with Crippen LogP contribution in [0.25, 0.3) is 11.1 Å². The Bertz CT molecular complexity index is 474. The number of hydrogen-bond donors (Lipinski definition) is 1. The van der Waals surface area contributed by atoms with Gasteiger partial charge in [0.05, 0.1) is 6.20 Å². The summed E-state index contributed by atoms with van der Waals surface area (Å²) >= 11 is 0. The lowest BCUT2D eigenvalue weighted by Gasteiger charge is -2.05. The first-order chi connectivity index (χ1) is 8.20. The van der Waals surface area contributed by atoms with Gasteiger partial charge in [0.15, 0.2) is 0 Å². The molecule has 2 aromatic rings. The number of aryl methyl sites for hydroxylation is 1. The minimum absolute atomic E-state index is 0. The molecule has 0 aliphatic carbocycles. The highest BCUT2D eigenvalue weighted by Gasteiger charge is 2.03. The first-order valence-electron chi connectivity index (χ1n) is 6.09. The van der Waals surface area contributed by atoms with Crippen molar-refractivity contribution in [2.75, 3.05) is 0 Å². The number of halogens is 1. The zero-order valence-corrected chi connectivity index (χ0v) is 11.7. The molecule has 0 unspecified atom stereocenters. The predicted octanol–water partition coefficient (Wildman–Crippen LogP) is 3.40. The van der Waals surface area contributed by atoms with Crippen LogP contribution in [0, 0.1) is 0 Å². The minimum atomic E-state index is 0. The van der Waals surface area contributed by atoms with Crippen LogP contribution in [-0.4, -0.2) is 9.78 Å². The Balaban J connectivity index is 0.00000162. The molecule has 2 N–H and O–H groups in total. The summed E-state index contributed by atoms with van der Waals surface area (Å²) in [7, 11) is 0. The van der Waals surface area contributed by atoms with Crippen LogP contribution in [0.1, 0.15) is 31.9 Å². The van der Waals surface area contributed by atoms with Gasteiger partial charge in [0, 0.05) is 24.3 Å². The van der Waals surface area contributed by atoms with E-state index >= 15 is 0 Å². The van der Waals surface area contributed by atoms with Crippen molar-refractivity contribution in [2.24, 2.45) is 5.73 Å². The molecular weight excluding hydrogens is 246 g/mol. The zero-order chi connectivity index (χ0) is 12.3. The molecule has 0 saturated heterocycles. The van der Waals surface area contributed by atoms with Gasteiger partial charge in [-0.25, -0.2) is 0 Å². The van der Waals surface area contributed by atoms with Gasteiger partial charge < -0.3 is 5.73 Å². The second kappa shape index (κ2) is 6.57. The van der Waals surface area contributed by atoms with Gasteiger partial charge in [0.25, 0.3) is 0 Å². The zero-order valence-electron chi connectivity index (χ0n) is 10.8. The van der Waals surface area contributed by atoms with E-state index in [0.29, 0.717) is 0 Å². The van der Waals surface area contributed by atoms with Crippen LogP contribution in [0.15, 0.2) is 36.7 Å². The Morgan fingerprint density at radius 3 is 2.44 bits per heavy atom. The summed E-state index contributed by atoms with van der Waals surface area (Å²) in [5, 5.41) is 4.33. The molecule has 0 aliphatic heterocycles. The average Bonchev–Trinajstić information content (AvgIpc) is 2.78. The Hall–Kier alpha value is -1.32. The highest BCUT2D eigenvalue weighted by molar-refractivity contribution is 5.85. The molecule has 0 fully saturated rings. The molecule has 0 amide bonds. The van der Waals surface area contributed by atoms with E-state index in [0.717, 1.165) is 24.1 Å². The standard InChI is InChI=1S/C14H19N3.ClH/c1-3-8-17-10-14(9-16-17)13-6-4-12(5-7-13)11(2)15;/h4-7,9-11H,3,8,15H2,1-2H3;1H/t11-;/m0./s1. The molecular formula is C14H20ClN3. The fourth-order valence-electron chi connectivity index (χ4n) is 1.84. The molecule has 2 rings (SSSR count). The maximum Gasteiger partial charge on any atom is 0.0568 e. The summed E-state index contributed by atoms with van der Waals surface area (Å²) in [5.41, 5.74) is 9.34. The van der Waals surface area contributed by atoms with E-state index in [2.05, 4.69) is 42.5 Å². The second-order valence-electron chi connectivity index (χ2n) is 4.40. The summed E-state index contributed by atoms with van der Waals surface area (Å²) < 4.78 is 1.98. The third kappa shape index (κ3) is 3.34. The van der Waals surface area contributed by atoms with Gasteiger partial charge >= 0.3 is 0 Å². The van der Waals surface area contributed by atoms with Crippen LogP contribution in [0.4, 0.5) is 0 Å². The van der Waals surface area contributed by atoms with Gasteiger partial charge in [0.1, 0.15) is 0 Å². The summed E-state index contributed by atoms with van der Waals surface area (Å²) in [4.78, 5) is 0. The van der Waals surface area contributed by atoms with Gasteiger partial charge in [-0.3, -0.25) is 4.68 Å². The molecule has 4 heteroatoms. The number of benzene rings is 1. The summed E-state index contributed by atoms with van der Waals surface area (Å²) in [5.74, 6) is 0. The van der Waals surface area contributed by atoms with E-state index in [1.807, 2.05) is 17.8 Å². The highest BCUT2D eigenvalue weighted by atomic mass is 35.5.